The lowest BCUT2D eigenvalue weighted by Crippen LogP contribution is -1.88. The largest absolute Gasteiger partial charge is 0.135 e. The maximum Gasteiger partial charge on any atom is 0.0434 e. The first kappa shape index (κ1) is 17.7. The second-order valence-electron chi connectivity index (χ2n) is 7.50. The minimum Gasteiger partial charge on any atom is -0.135 e. The quantitative estimate of drug-likeness (QED) is 0.262. The first-order valence-corrected chi connectivity index (χ1v) is 11.2. The van der Waals surface area contributed by atoms with Gasteiger partial charge in [0.25, 0.3) is 0 Å². The van der Waals surface area contributed by atoms with Crippen molar-refractivity contribution in [2.24, 2.45) is 0 Å². The van der Waals surface area contributed by atoms with Crippen molar-refractivity contribution in [3.8, 4) is 22.3 Å². The molecular weight excluding hydrogens is 404 g/mol. The van der Waals surface area contributed by atoms with E-state index in [1.165, 1.54) is 53.2 Å². The minimum atomic E-state index is 0.757. The predicted octanol–water partition coefficient (Wildman–Crippen LogP) is 9.20. The Labute approximate surface area is 184 Å². The summed E-state index contributed by atoms with van der Waals surface area (Å²) in [5, 5.41) is 5.93. The molecule has 1 aromatic heterocycles. The standard InChI is InChI=1S/C28H17ClS/c29-20-15-12-19(13-16-20)22-17-14-18-6-1-2-7-21(18)27(22)25-10-5-9-24-23-8-3-4-11-26(23)30-28(24)25/h1-17H. The van der Waals surface area contributed by atoms with Crippen LogP contribution in [-0.4, -0.2) is 0 Å². The van der Waals surface area contributed by atoms with Gasteiger partial charge in [-0.1, -0.05) is 96.5 Å². The Morgan fingerprint density at radius 2 is 1.27 bits per heavy atom. The van der Waals surface area contributed by atoms with Gasteiger partial charge >= 0.3 is 0 Å². The molecule has 1 heterocycles. The van der Waals surface area contributed by atoms with Gasteiger partial charge in [-0.2, -0.15) is 0 Å². The molecule has 6 rings (SSSR count). The van der Waals surface area contributed by atoms with Crippen LogP contribution in [0.2, 0.25) is 5.02 Å². The molecule has 30 heavy (non-hydrogen) atoms. The predicted molar refractivity (Wildman–Crippen MR) is 133 cm³/mol. The van der Waals surface area contributed by atoms with Crippen molar-refractivity contribution in [3.05, 3.63) is 108 Å². The second kappa shape index (κ2) is 6.98. The summed E-state index contributed by atoms with van der Waals surface area (Å²) in [5.74, 6) is 0. The van der Waals surface area contributed by atoms with Crippen molar-refractivity contribution in [1.29, 1.82) is 0 Å². The molecule has 2 heteroatoms. The third-order valence-electron chi connectivity index (χ3n) is 5.76. The first-order chi connectivity index (χ1) is 14.8. The van der Waals surface area contributed by atoms with Gasteiger partial charge in [0, 0.05) is 30.8 Å². The molecule has 0 radical (unpaired) electrons. The first-order valence-electron chi connectivity index (χ1n) is 9.98. The van der Waals surface area contributed by atoms with Crippen LogP contribution in [0.25, 0.3) is 53.2 Å². The van der Waals surface area contributed by atoms with Gasteiger partial charge in [-0.25, -0.2) is 0 Å². The van der Waals surface area contributed by atoms with Crippen LogP contribution in [0.4, 0.5) is 0 Å². The summed E-state index contributed by atoms with van der Waals surface area (Å²) in [4.78, 5) is 0. The molecule has 0 saturated heterocycles. The molecule has 0 aliphatic carbocycles. The average Bonchev–Trinajstić information content (AvgIpc) is 3.18. The Morgan fingerprint density at radius 3 is 2.13 bits per heavy atom. The van der Waals surface area contributed by atoms with Gasteiger partial charge in [0.05, 0.1) is 0 Å². The Kier molecular flexibility index (Phi) is 4.12. The fourth-order valence-corrected chi connectivity index (χ4v) is 5.72. The van der Waals surface area contributed by atoms with E-state index in [2.05, 4.69) is 91.0 Å². The maximum absolute atomic E-state index is 6.18. The summed E-state index contributed by atoms with van der Waals surface area (Å²) in [6, 6.07) is 36.6. The molecule has 0 aliphatic rings. The maximum atomic E-state index is 6.18. The van der Waals surface area contributed by atoms with Crippen LogP contribution < -0.4 is 0 Å². The monoisotopic (exact) mass is 420 g/mol. The number of hydrogen-bond acceptors (Lipinski definition) is 1. The van der Waals surface area contributed by atoms with Gasteiger partial charge in [-0.05, 0) is 45.7 Å². The topological polar surface area (TPSA) is 0 Å². The fourth-order valence-electron chi connectivity index (χ4n) is 4.38. The van der Waals surface area contributed by atoms with E-state index in [0.717, 1.165) is 5.02 Å². The highest BCUT2D eigenvalue weighted by Gasteiger charge is 2.16. The number of halogens is 1. The number of benzene rings is 5. The van der Waals surface area contributed by atoms with Crippen LogP contribution in [0.15, 0.2) is 103 Å². The van der Waals surface area contributed by atoms with Gasteiger partial charge in [0.15, 0.2) is 0 Å². The summed E-state index contributed by atoms with van der Waals surface area (Å²) in [6.07, 6.45) is 0. The van der Waals surface area contributed by atoms with Crippen molar-refractivity contribution in [2.45, 2.75) is 0 Å². The fraction of sp³-hybridized carbons (Fsp3) is 0. The van der Waals surface area contributed by atoms with Crippen LogP contribution in [0, 0.1) is 0 Å². The normalized spacial score (nSPS) is 11.5. The molecule has 6 aromatic rings. The molecular formula is C28H17ClS. The van der Waals surface area contributed by atoms with Crippen molar-refractivity contribution in [1.82, 2.24) is 0 Å². The SMILES string of the molecule is Clc1ccc(-c2ccc3ccccc3c2-c2cccc3c2sc2ccccc23)cc1. The van der Waals surface area contributed by atoms with Crippen molar-refractivity contribution < 1.29 is 0 Å². The zero-order chi connectivity index (χ0) is 20.1. The number of rotatable bonds is 2. The zero-order valence-corrected chi connectivity index (χ0v) is 17.7. The van der Waals surface area contributed by atoms with Crippen molar-refractivity contribution in [2.75, 3.05) is 0 Å². The van der Waals surface area contributed by atoms with E-state index in [1.807, 2.05) is 23.5 Å². The second-order valence-corrected chi connectivity index (χ2v) is 8.99. The van der Waals surface area contributed by atoms with E-state index in [0.29, 0.717) is 0 Å². The van der Waals surface area contributed by atoms with Gasteiger partial charge in [-0.15, -0.1) is 11.3 Å². The highest BCUT2D eigenvalue weighted by atomic mass is 35.5. The lowest BCUT2D eigenvalue weighted by atomic mass is 9.89. The van der Waals surface area contributed by atoms with E-state index < -0.39 is 0 Å². The van der Waals surface area contributed by atoms with Crippen molar-refractivity contribution in [3.63, 3.8) is 0 Å². The molecule has 0 amide bonds. The molecule has 0 saturated carbocycles. The Bertz CT molecular complexity index is 1540. The van der Waals surface area contributed by atoms with E-state index in [9.17, 15) is 0 Å². The molecule has 0 unspecified atom stereocenters. The molecule has 0 bridgehead atoms. The molecule has 0 nitrogen and oxygen atoms in total. The third kappa shape index (κ3) is 2.74. The molecule has 5 aromatic carbocycles. The summed E-state index contributed by atoms with van der Waals surface area (Å²) < 4.78 is 2.67. The summed E-state index contributed by atoms with van der Waals surface area (Å²) in [7, 11) is 0. The molecule has 0 fully saturated rings. The Morgan fingerprint density at radius 1 is 0.533 bits per heavy atom. The average molecular weight is 421 g/mol. The third-order valence-corrected chi connectivity index (χ3v) is 7.23. The van der Waals surface area contributed by atoms with Crippen LogP contribution in [0.5, 0.6) is 0 Å². The smallest absolute Gasteiger partial charge is 0.0434 e. The van der Waals surface area contributed by atoms with E-state index in [1.54, 1.807) is 0 Å². The van der Waals surface area contributed by atoms with Crippen LogP contribution >= 0.6 is 22.9 Å². The summed E-state index contributed by atoms with van der Waals surface area (Å²) >= 11 is 8.05. The van der Waals surface area contributed by atoms with Gasteiger partial charge < -0.3 is 0 Å². The summed E-state index contributed by atoms with van der Waals surface area (Å²) in [5.41, 5.74) is 4.98. The van der Waals surface area contributed by atoms with Crippen LogP contribution in [0.1, 0.15) is 0 Å². The minimum absolute atomic E-state index is 0.757. The summed E-state index contributed by atoms with van der Waals surface area (Å²) in [6.45, 7) is 0. The van der Waals surface area contributed by atoms with Crippen molar-refractivity contribution >= 4 is 53.9 Å². The number of thiophene rings is 1. The molecule has 0 atom stereocenters. The van der Waals surface area contributed by atoms with E-state index in [4.69, 9.17) is 11.6 Å². The lowest BCUT2D eigenvalue weighted by Gasteiger charge is -2.15. The zero-order valence-electron chi connectivity index (χ0n) is 16.1. The number of hydrogen-bond donors (Lipinski definition) is 0. The van der Waals surface area contributed by atoms with E-state index >= 15 is 0 Å². The highest BCUT2D eigenvalue weighted by Crippen LogP contribution is 2.45. The molecule has 142 valence electrons. The van der Waals surface area contributed by atoms with Crippen LogP contribution in [-0.2, 0) is 0 Å². The van der Waals surface area contributed by atoms with Gasteiger partial charge in [-0.3, -0.25) is 0 Å². The molecule has 0 N–H and O–H groups in total. The van der Waals surface area contributed by atoms with Crippen LogP contribution in [0.3, 0.4) is 0 Å². The highest BCUT2D eigenvalue weighted by molar-refractivity contribution is 7.26. The Balaban J connectivity index is 1.76. The van der Waals surface area contributed by atoms with Gasteiger partial charge in [0.1, 0.15) is 0 Å². The lowest BCUT2D eigenvalue weighted by molar-refractivity contribution is 1.63. The van der Waals surface area contributed by atoms with Gasteiger partial charge in [0.2, 0.25) is 0 Å². The molecule has 0 spiro atoms. The van der Waals surface area contributed by atoms with E-state index in [-0.39, 0.29) is 0 Å². The Hall–Kier alpha value is -3.13. The number of fused-ring (bicyclic) bond motifs is 4. The molecule has 0 aliphatic heterocycles.